The number of unbranched alkanes of at least 4 members (excludes halogenated alkanes) is 4. The van der Waals surface area contributed by atoms with Crippen LogP contribution in [0.4, 0.5) is 4.39 Å². The lowest BCUT2D eigenvalue weighted by Gasteiger charge is -2.28. The van der Waals surface area contributed by atoms with Crippen LogP contribution in [0.15, 0.2) is 48.5 Å². The molecule has 3 nitrogen and oxygen atoms in total. The first-order valence-electron chi connectivity index (χ1n) is 15.2. The minimum Gasteiger partial charge on any atom is -0.491 e. The third-order valence-corrected chi connectivity index (χ3v) is 7.93. The molecule has 0 saturated heterocycles. The number of hydrogen-bond donors (Lipinski definition) is 0. The average molecular weight is 525 g/mol. The van der Waals surface area contributed by atoms with Gasteiger partial charge in [0.05, 0.1) is 6.10 Å². The average Bonchev–Trinajstić information content (AvgIpc) is 2.94. The van der Waals surface area contributed by atoms with Crippen molar-refractivity contribution in [1.29, 1.82) is 0 Å². The zero-order valence-electron chi connectivity index (χ0n) is 23.9. The fraction of sp³-hybridized carbons (Fsp3) is 0.618. The first kappa shape index (κ1) is 30.2. The SMILES string of the molecule is CCCCCC[C@@H](C)Oc1ccc(-c2ccc(CC[C@H]3CC[C@H](OC(=O)[C@@H](F)CCCC)CC3)cc2)cc1. The summed E-state index contributed by atoms with van der Waals surface area (Å²) in [6.07, 6.45) is 12.8. The Morgan fingerprint density at radius 2 is 1.47 bits per heavy atom. The number of carbonyl (C=O) groups is 1. The van der Waals surface area contributed by atoms with Crippen molar-refractivity contribution in [2.45, 2.75) is 129 Å². The Morgan fingerprint density at radius 1 is 0.842 bits per heavy atom. The van der Waals surface area contributed by atoms with E-state index in [4.69, 9.17) is 9.47 Å². The summed E-state index contributed by atoms with van der Waals surface area (Å²) in [5.41, 5.74) is 3.79. The molecule has 2 aromatic rings. The van der Waals surface area contributed by atoms with Crippen LogP contribution in [0.25, 0.3) is 11.1 Å². The van der Waals surface area contributed by atoms with E-state index in [-0.39, 0.29) is 18.6 Å². The summed E-state index contributed by atoms with van der Waals surface area (Å²) in [6, 6.07) is 17.4. The lowest BCUT2D eigenvalue weighted by atomic mass is 9.83. The van der Waals surface area contributed by atoms with E-state index in [0.717, 1.165) is 63.5 Å². The van der Waals surface area contributed by atoms with E-state index in [0.29, 0.717) is 5.92 Å². The molecule has 0 unspecified atom stereocenters. The van der Waals surface area contributed by atoms with Crippen molar-refractivity contribution in [3.63, 3.8) is 0 Å². The van der Waals surface area contributed by atoms with Crippen molar-refractivity contribution < 1.29 is 18.7 Å². The zero-order valence-corrected chi connectivity index (χ0v) is 23.9. The lowest BCUT2D eigenvalue weighted by molar-refractivity contribution is -0.157. The quantitative estimate of drug-likeness (QED) is 0.162. The molecule has 0 radical (unpaired) electrons. The number of hydrogen-bond acceptors (Lipinski definition) is 3. The van der Waals surface area contributed by atoms with Gasteiger partial charge in [-0.15, -0.1) is 0 Å². The largest absolute Gasteiger partial charge is 0.491 e. The Hall–Kier alpha value is -2.36. The fourth-order valence-electron chi connectivity index (χ4n) is 5.39. The second-order valence-electron chi connectivity index (χ2n) is 11.2. The summed E-state index contributed by atoms with van der Waals surface area (Å²) in [5.74, 6) is 0.933. The maximum atomic E-state index is 13.9. The summed E-state index contributed by atoms with van der Waals surface area (Å²) in [4.78, 5) is 11.9. The van der Waals surface area contributed by atoms with Gasteiger partial charge in [-0.2, -0.15) is 0 Å². The molecule has 1 aliphatic rings. The van der Waals surface area contributed by atoms with Crippen LogP contribution in [-0.4, -0.2) is 24.3 Å². The number of halogens is 1. The molecule has 1 aliphatic carbocycles. The first-order chi connectivity index (χ1) is 18.5. The molecule has 0 N–H and O–H groups in total. The molecule has 0 aromatic heterocycles. The van der Waals surface area contributed by atoms with Gasteiger partial charge >= 0.3 is 5.97 Å². The number of esters is 1. The number of benzene rings is 2. The zero-order chi connectivity index (χ0) is 27.2. The van der Waals surface area contributed by atoms with Crippen LogP contribution in [0.2, 0.25) is 0 Å². The normalized spacial score (nSPS) is 19.1. The van der Waals surface area contributed by atoms with Crippen LogP contribution >= 0.6 is 0 Å². The highest BCUT2D eigenvalue weighted by molar-refractivity contribution is 5.74. The van der Waals surface area contributed by atoms with Gasteiger partial charge in [0, 0.05) is 0 Å². The Balaban J connectivity index is 1.37. The molecule has 0 heterocycles. The molecule has 0 spiro atoms. The van der Waals surface area contributed by atoms with E-state index < -0.39 is 12.1 Å². The van der Waals surface area contributed by atoms with E-state index in [1.54, 1.807) is 0 Å². The van der Waals surface area contributed by atoms with Gasteiger partial charge in [-0.25, -0.2) is 9.18 Å². The van der Waals surface area contributed by atoms with Crippen molar-refractivity contribution in [1.82, 2.24) is 0 Å². The predicted octanol–water partition coefficient (Wildman–Crippen LogP) is 9.65. The molecule has 0 amide bonds. The minimum absolute atomic E-state index is 0.108. The fourth-order valence-corrected chi connectivity index (χ4v) is 5.39. The lowest BCUT2D eigenvalue weighted by Crippen LogP contribution is -2.29. The third kappa shape index (κ3) is 10.4. The van der Waals surface area contributed by atoms with Crippen molar-refractivity contribution in [3.05, 3.63) is 54.1 Å². The monoisotopic (exact) mass is 524 g/mol. The number of alkyl halides is 1. The van der Waals surface area contributed by atoms with E-state index in [1.165, 1.54) is 42.4 Å². The van der Waals surface area contributed by atoms with Gasteiger partial charge in [-0.1, -0.05) is 82.3 Å². The number of ether oxygens (including phenoxy) is 2. The van der Waals surface area contributed by atoms with Crippen LogP contribution in [0.1, 0.15) is 110 Å². The van der Waals surface area contributed by atoms with E-state index >= 15 is 0 Å². The van der Waals surface area contributed by atoms with Crippen LogP contribution < -0.4 is 4.74 Å². The van der Waals surface area contributed by atoms with E-state index in [9.17, 15) is 9.18 Å². The second-order valence-corrected chi connectivity index (χ2v) is 11.2. The number of rotatable bonds is 16. The van der Waals surface area contributed by atoms with Gasteiger partial charge in [-0.3, -0.25) is 0 Å². The smallest absolute Gasteiger partial charge is 0.340 e. The van der Waals surface area contributed by atoms with Crippen LogP contribution in [0.3, 0.4) is 0 Å². The molecule has 210 valence electrons. The van der Waals surface area contributed by atoms with Gasteiger partial charge in [0.2, 0.25) is 0 Å². The molecule has 38 heavy (non-hydrogen) atoms. The molecule has 2 aromatic carbocycles. The maximum Gasteiger partial charge on any atom is 0.340 e. The van der Waals surface area contributed by atoms with Gasteiger partial charge < -0.3 is 9.47 Å². The van der Waals surface area contributed by atoms with Gasteiger partial charge in [0.1, 0.15) is 11.9 Å². The van der Waals surface area contributed by atoms with Crippen LogP contribution in [-0.2, 0) is 16.0 Å². The highest BCUT2D eigenvalue weighted by Gasteiger charge is 2.27. The summed E-state index contributed by atoms with van der Waals surface area (Å²) < 4.78 is 25.4. The molecule has 2 atom stereocenters. The summed E-state index contributed by atoms with van der Waals surface area (Å²) >= 11 is 0. The van der Waals surface area contributed by atoms with Crippen molar-refractivity contribution in [2.24, 2.45) is 5.92 Å². The second kappa shape index (κ2) is 16.6. The summed E-state index contributed by atoms with van der Waals surface area (Å²) in [5, 5.41) is 0. The van der Waals surface area contributed by atoms with Crippen molar-refractivity contribution in [2.75, 3.05) is 0 Å². The summed E-state index contributed by atoms with van der Waals surface area (Å²) in [6.45, 7) is 6.40. The standard InChI is InChI=1S/C34H49FO3/c1-4-6-8-9-10-26(3)37-31-24-20-30(21-25-31)29-18-14-27(15-19-29)12-13-28-16-22-32(23-17-28)38-34(36)33(35)11-7-5-2/h14-15,18-21,24-26,28,32-33H,4-13,16-17,22-23H2,1-3H3/t26-,28-,32-,33+/m1/s1. The third-order valence-electron chi connectivity index (χ3n) is 7.93. The van der Waals surface area contributed by atoms with Gasteiger partial charge in [-0.05, 0) is 99.5 Å². The number of carbonyl (C=O) groups excluding carboxylic acids is 1. The molecule has 0 aliphatic heterocycles. The Labute approximate surface area is 230 Å². The maximum absolute atomic E-state index is 13.9. The van der Waals surface area contributed by atoms with Crippen molar-refractivity contribution in [3.8, 4) is 16.9 Å². The molecular formula is C34H49FO3. The van der Waals surface area contributed by atoms with Crippen molar-refractivity contribution >= 4 is 5.97 Å². The number of aryl methyl sites for hydroxylation is 1. The highest BCUT2D eigenvalue weighted by Crippen LogP contribution is 2.31. The van der Waals surface area contributed by atoms with Gasteiger partial charge in [0.15, 0.2) is 6.17 Å². The molecule has 1 saturated carbocycles. The van der Waals surface area contributed by atoms with E-state index in [2.05, 4.69) is 62.4 Å². The minimum atomic E-state index is -1.46. The van der Waals surface area contributed by atoms with E-state index in [1.807, 2.05) is 6.92 Å². The molecule has 1 fully saturated rings. The van der Waals surface area contributed by atoms with Gasteiger partial charge in [0.25, 0.3) is 0 Å². The topological polar surface area (TPSA) is 35.5 Å². The van der Waals surface area contributed by atoms with Crippen LogP contribution in [0.5, 0.6) is 5.75 Å². The van der Waals surface area contributed by atoms with Crippen LogP contribution in [0, 0.1) is 5.92 Å². The first-order valence-corrected chi connectivity index (χ1v) is 15.2. The predicted molar refractivity (Wildman–Crippen MR) is 155 cm³/mol. The summed E-state index contributed by atoms with van der Waals surface area (Å²) in [7, 11) is 0. The Bertz CT molecular complexity index is 916. The highest BCUT2D eigenvalue weighted by atomic mass is 19.1. The Morgan fingerprint density at radius 3 is 2.11 bits per heavy atom. The molecule has 0 bridgehead atoms. The molecule has 3 rings (SSSR count). The molecule has 4 heteroatoms. The Kier molecular flexibility index (Phi) is 13.2. The molecular weight excluding hydrogens is 475 g/mol.